The van der Waals surface area contributed by atoms with Gasteiger partial charge in [-0.3, -0.25) is 9.59 Å². The first-order chi connectivity index (χ1) is 12.1. The van der Waals surface area contributed by atoms with Crippen molar-refractivity contribution in [1.82, 2.24) is 9.47 Å². The van der Waals surface area contributed by atoms with Gasteiger partial charge in [-0.1, -0.05) is 32.1 Å². The fourth-order valence-corrected chi connectivity index (χ4v) is 4.43. The lowest BCUT2D eigenvalue weighted by Crippen LogP contribution is -2.37. The van der Waals surface area contributed by atoms with Crippen LogP contribution in [-0.4, -0.2) is 35.1 Å². The minimum atomic E-state index is -0.234. The summed E-state index contributed by atoms with van der Waals surface area (Å²) in [6, 6.07) is 1.74. The van der Waals surface area contributed by atoms with Gasteiger partial charge in [0.15, 0.2) is 5.75 Å². The third-order valence-corrected chi connectivity index (χ3v) is 5.91. The van der Waals surface area contributed by atoms with Gasteiger partial charge < -0.3 is 14.2 Å². The van der Waals surface area contributed by atoms with Crippen LogP contribution in [0.25, 0.3) is 0 Å². The molecule has 1 saturated carbocycles. The van der Waals surface area contributed by atoms with Crippen molar-refractivity contribution in [2.24, 2.45) is 13.0 Å². The average Bonchev–Trinajstić information content (AvgIpc) is 3.10. The molecule has 25 heavy (non-hydrogen) atoms. The van der Waals surface area contributed by atoms with Crippen molar-refractivity contribution < 1.29 is 9.53 Å². The van der Waals surface area contributed by atoms with E-state index in [-0.39, 0.29) is 17.1 Å². The highest BCUT2D eigenvalue weighted by Crippen LogP contribution is 2.31. The van der Waals surface area contributed by atoms with Crippen molar-refractivity contribution in [2.45, 2.75) is 63.8 Å². The maximum atomic E-state index is 13.0. The summed E-state index contributed by atoms with van der Waals surface area (Å²) in [6.07, 6.45) is 12.9. The van der Waals surface area contributed by atoms with Crippen molar-refractivity contribution in [3.63, 3.8) is 0 Å². The highest BCUT2D eigenvalue weighted by atomic mass is 16.5. The van der Waals surface area contributed by atoms with Crippen molar-refractivity contribution in [3.05, 3.63) is 28.2 Å². The summed E-state index contributed by atoms with van der Waals surface area (Å²) < 4.78 is 6.76. The van der Waals surface area contributed by atoms with Crippen LogP contribution in [0.3, 0.4) is 0 Å². The maximum Gasteiger partial charge on any atom is 0.270 e. The lowest BCUT2D eigenvalue weighted by atomic mass is 9.85. The number of methoxy groups -OCH3 is 1. The van der Waals surface area contributed by atoms with Crippen LogP contribution in [0.1, 0.15) is 68.3 Å². The second-order valence-corrected chi connectivity index (χ2v) is 7.58. The molecule has 0 radical (unpaired) electrons. The summed E-state index contributed by atoms with van der Waals surface area (Å²) in [5.74, 6) is 1.10. The van der Waals surface area contributed by atoms with Gasteiger partial charge in [-0.2, -0.15) is 0 Å². The third-order valence-electron chi connectivity index (χ3n) is 5.91. The van der Waals surface area contributed by atoms with Crippen molar-refractivity contribution >= 4 is 5.91 Å². The zero-order chi connectivity index (χ0) is 17.8. The summed E-state index contributed by atoms with van der Waals surface area (Å²) >= 11 is 0. The Kier molecular flexibility index (Phi) is 5.82. The molecule has 1 aliphatic carbocycles. The van der Waals surface area contributed by atoms with Gasteiger partial charge in [0.2, 0.25) is 5.43 Å². The molecule has 2 heterocycles. The van der Waals surface area contributed by atoms with E-state index in [1.807, 2.05) is 4.90 Å². The van der Waals surface area contributed by atoms with Crippen LogP contribution >= 0.6 is 0 Å². The van der Waals surface area contributed by atoms with Crippen LogP contribution in [0, 0.1) is 5.92 Å². The number of ether oxygens (including phenoxy) is 1. The van der Waals surface area contributed by atoms with Crippen molar-refractivity contribution in [1.29, 1.82) is 0 Å². The van der Waals surface area contributed by atoms with Crippen LogP contribution in [0.15, 0.2) is 17.1 Å². The molecule has 2 aliphatic rings. The van der Waals surface area contributed by atoms with E-state index in [0.29, 0.717) is 11.7 Å². The molecule has 138 valence electrons. The Bertz CT molecular complexity index is 661. The molecule has 0 bridgehead atoms. The van der Waals surface area contributed by atoms with Crippen LogP contribution < -0.4 is 10.2 Å². The largest absolute Gasteiger partial charge is 0.491 e. The molecule has 1 atom stereocenters. The fraction of sp³-hybridized carbons (Fsp3) is 0.700. The van der Waals surface area contributed by atoms with E-state index < -0.39 is 0 Å². The number of carbonyl (C=O) groups excluding carboxylic acids is 1. The molecule has 1 aromatic rings. The number of rotatable bonds is 5. The number of likely N-dealkylation sites (tertiary alicyclic amines) is 1. The number of amides is 1. The number of nitrogens with zero attached hydrogens (tertiary/aromatic N) is 2. The predicted molar refractivity (Wildman–Crippen MR) is 98.1 cm³/mol. The second-order valence-electron chi connectivity index (χ2n) is 7.58. The Morgan fingerprint density at radius 1 is 1.16 bits per heavy atom. The molecule has 1 unspecified atom stereocenters. The molecule has 2 fully saturated rings. The summed E-state index contributed by atoms with van der Waals surface area (Å²) in [4.78, 5) is 27.0. The number of hydrogen-bond acceptors (Lipinski definition) is 3. The zero-order valence-corrected chi connectivity index (χ0v) is 15.5. The molecule has 1 saturated heterocycles. The molecule has 1 aliphatic heterocycles. The fourth-order valence-electron chi connectivity index (χ4n) is 4.43. The Hall–Kier alpha value is -1.78. The van der Waals surface area contributed by atoms with E-state index >= 15 is 0 Å². The predicted octanol–water partition coefficient (Wildman–Crippen LogP) is 3.36. The van der Waals surface area contributed by atoms with Crippen LogP contribution in [0.5, 0.6) is 5.75 Å². The Balaban J connectivity index is 1.68. The van der Waals surface area contributed by atoms with E-state index in [1.54, 1.807) is 17.8 Å². The Morgan fingerprint density at radius 3 is 2.64 bits per heavy atom. The molecule has 0 aromatic carbocycles. The minimum Gasteiger partial charge on any atom is -0.491 e. The first kappa shape index (κ1) is 18.0. The normalized spacial score (nSPS) is 21.5. The first-order valence-corrected chi connectivity index (χ1v) is 9.65. The third kappa shape index (κ3) is 4.07. The average molecular weight is 346 g/mol. The summed E-state index contributed by atoms with van der Waals surface area (Å²) in [5.41, 5.74) is 0.220. The SMILES string of the molecule is COc1cn(C)c(C(=O)N2CCCC2CCC2CCCCC2)cc1=O. The quantitative estimate of drug-likeness (QED) is 0.821. The van der Waals surface area contributed by atoms with E-state index in [4.69, 9.17) is 4.74 Å². The summed E-state index contributed by atoms with van der Waals surface area (Å²) in [6.45, 7) is 0.800. The number of hydrogen-bond donors (Lipinski definition) is 0. The molecule has 3 rings (SSSR count). The first-order valence-electron chi connectivity index (χ1n) is 9.65. The van der Waals surface area contributed by atoms with Gasteiger partial charge in [0, 0.05) is 25.7 Å². The Labute approximate surface area is 150 Å². The molecule has 1 amide bonds. The van der Waals surface area contributed by atoms with Crippen LogP contribution in [0.4, 0.5) is 0 Å². The van der Waals surface area contributed by atoms with Gasteiger partial charge in [-0.15, -0.1) is 0 Å². The molecular formula is C20H30N2O3. The van der Waals surface area contributed by atoms with Crippen molar-refractivity contribution in [2.75, 3.05) is 13.7 Å². The van der Waals surface area contributed by atoms with Gasteiger partial charge in [0.25, 0.3) is 5.91 Å². The van der Waals surface area contributed by atoms with E-state index in [2.05, 4.69) is 0 Å². The van der Waals surface area contributed by atoms with E-state index in [1.165, 1.54) is 51.7 Å². The second kappa shape index (κ2) is 8.07. The number of aromatic nitrogens is 1. The maximum absolute atomic E-state index is 13.0. The van der Waals surface area contributed by atoms with Gasteiger partial charge in [-0.25, -0.2) is 0 Å². The molecule has 0 spiro atoms. The number of carbonyl (C=O) groups is 1. The monoisotopic (exact) mass is 346 g/mol. The number of pyridine rings is 1. The zero-order valence-electron chi connectivity index (χ0n) is 15.5. The molecule has 1 aromatic heterocycles. The van der Waals surface area contributed by atoms with Gasteiger partial charge >= 0.3 is 0 Å². The molecule has 5 heteroatoms. The van der Waals surface area contributed by atoms with Gasteiger partial charge in [0.05, 0.1) is 13.3 Å². The minimum absolute atomic E-state index is 0.0200. The highest BCUT2D eigenvalue weighted by molar-refractivity contribution is 5.93. The highest BCUT2D eigenvalue weighted by Gasteiger charge is 2.31. The molecule has 5 nitrogen and oxygen atoms in total. The molecule has 0 N–H and O–H groups in total. The van der Waals surface area contributed by atoms with Gasteiger partial charge in [0.1, 0.15) is 5.69 Å². The van der Waals surface area contributed by atoms with E-state index in [0.717, 1.165) is 31.7 Å². The van der Waals surface area contributed by atoms with Gasteiger partial charge in [-0.05, 0) is 31.6 Å². The lowest BCUT2D eigenvalue weighted by Gasteiger charge is -2.28. The lowest BCUT2D eigenvalue weighted by molar-refractivity contribution is 0.0712. The Morgan fingerprint density at radius 2 is 1.92 bits per heavy atom. The van der Waals surface area contributed by atoms with Crippen molar-refractivity contribution in [3.8, 4) is 5.75 Å². The van der Waals surface area contributed by atoms with E-state index in [9.17, 15) is 9.59 Å². The van der Waals surface area contributed by atoms with Crippen LogP contribution in [-0.2, 0) is 7.05 Å². The smallest absolute Gasteiger partial charge is 0.270 e. The number of aryl methyl sites for hydroxylation is 1. The summed E-state index contributed by atoms with van der Waals surface area (Å²) in [5, 5.41) is 0. The molecular weight excluding hydrogens is 316 g/mol. The summed E-state index contributed by atoms with van der Waals surface area (Å²) in [7, 11) is 3.27. The standard InChI is InChI=1S/C20H30N2O3/c1-21-14-19(25-2)18(23)13-17(21)20(24)22-12-6-9-16(22)11-10-15-7-4-3-5-8-15/h13-16H,3-12H2,1-2H3. The van der Waals surface area contributed by atoms with Crippen LogP contribution in [0.2, 0.25) is 0 Å². The topological polar surface area (TPSA) is 51.5 Å².